The van der Waals surface area contributed by atoms with Crippen molar-refractivity contribution >= 4 is 40.1 Å². The minimum atomic E-state index is -0.431. The first-order chi connectivity index (χ1) is 7.13. The van der Waals surface area contributed by atoms with Gasteiger partial charge < -0.3 is 10.5 Å². The number of anilines is 2. The monoisotopic (exact) mass is 320 g/mol. The van der Waals surface area contributed by atoms with Crippen molar-refractivity contribution < 1.29 is 9.53 Å². The maximum Gasteiger partial charge on any atom is 0.411 e. The summed E-state index contributed by atoms with van der Waals surface area (Å²) in [5, 5.41) is 2.65. The average Bonchev–Trinajstić information content (AvgIpc) is 2.19. The van der Waals surface area contributed by atoms with Crippen LogP contribution >= 0.6 is 22.6 Å². The Morgan fingerprint density at radius 3 is 2.93 bits per heavy atom. The van der Waals surface area contributed by atoms with Gasteiger partial charge >= 0.3 is 6.09 Å². The number of halogens is 1. The molecule has 0 saturated heterocycles. The van der Waals surface area contributed by atoms with E-state index < -0.39 is 6.09 Å². The normalized spacial score (nSPS) is 9.73. The predicted molar refractivity (Wildman–Crippen MR) is 68.8 cm³/mol. The zero-order valence-electron chi connectivity index (χ0n) is 8.42. The Labute approximate surface area is 102 Å². The standard InChI is InChI=1S/C10H13IN2O2/c1-2-5-15-10(14)13-9-4-3-7(12)6-8(9)11/h3-4,6H,2,5,12H2,1H3,(H,13,14). The lowest BCUT2D eigenvalue weighted by Crippen LogP contribution is -2.14. The van der Waals surface area contributed by atoms with Crippen molar-refractivity contribution in [2.75, 3.05) is 17.7 Å². The molecule has 1 rings (SSSR count). The molecule has 82 valence electrons. The summed E-state index contributed by atoms with van der Waals surface area (Å²) in [6, 6.07) is 5.28. The van der Waals surface area contributed by atoms with Crippen LogP contribution in [0.25, 0.3) is 0 Å². The minimum Gasteiger partial charge on any atom is -0.449 e. The highest BCUT2D eigenvalue weighted by Crippen LogP contribution is 2.20. The summed E-state index contributed by atoms with van der Waals surface area (Å²) in [7, 11) is 0. The van der Waals surface area contributed by atoms with Crippen molar-refractivity contribution in [1.82, 2.24) is 0 Å². The third kappa shape index (κ3) is 3.94. The van der Waals surface area contributed by atoms with Crippen LogP contribution in [0.4, 0.5) is 16.2 Å². The lowest BCUT2D eigenvalue weighted by atomic mass is 10.3. The SMILES string of the molecule is CCCOC(=O)Nc1ccc(N)cc1I. The van der Waals surface area contributed by atoms with E-state index in [9.17, 15) is 4.79 Å². The molecule has 0 radical (unpaired) electrons. The van der Waals surface area contributed by atoms with E-state index in [4.69, 9.17) is 10.5 Å². The predicted octanol–water partition coefficient (Wildman–Crippen LogP) is 2.83. The van der Waals surface area contributed by atoms with Gasteiger partial charge in [-0.05, 0) is 47.2 Å². The first-order valence-corrected chi connectivity index (χ1v) is 5.70. The Hall–Kier alpha value is -0.980. The van der Waals surface area contributed by atoms with Crippen molar-refractivity contribution in [2.45, 2.75) is 13.3 Å². The number of carbonyl (C=O) groups excluding carboxylic acids is 1. The second kappa shape index (κ2) is 5.79. The lowest BCUT2D eigenvalue weighted by Gasteiger charge is -2.08. The van der Waals surface area contributed by atoms with Gasteiger partial charge in [0.2, 0.25) is 0 Å². The average molecular weight is 320 g/mol. The van der Waals surface area contributed by atoms with Gasteiger partial charge in [0.1, 0.15) is 0 Å². The van der Waals surface area contributed by atoms with Crippen molar-refractivity contribution in [3.8, 4) is 0 Å². The van der Waals surface area contributed by atoms with Gasteiger partial charge in [-0.3, -0.25) is 5.32 Å². The van der Waals surface area contributed by atoms with Gasteiger partial charge in [0.05, 0.1) is 12.3 Å². The number of nitrogens with one attached hydrogen (secondary N) is 1. The zero-order valence-corrected chi connectivity index (χ0v) is 10.6. The van der Waals surface area contributed by atoms with E-state index in [1.807, 2.05) is 6.92 Å². The second-order valence-corrected chi connectivity index (χ2v) is 4.16. The van der Waals surface area contributed by atoms with Crippen LogP contribution in [0.2, 0.25) is 0 Å². The maximum absolute atomic E-state index is 11.2. The number of benzene rings is 1. The van der Waals surface area contributed by atoms with Crippen LogP contribution in [-0.4, -0.2) is 12.7 Å². The number of ether oxygens (including phenoxy) is 1. The third-order valence-electron chi connectivity index (χ3n) is 1.67. The second-order valence-electron chi connectivity index (χ2n) is 3.00. The van der Waals surface area contributed by atoms with E-state index in [1.165, 1.54) is 0 Å². The molecular weight excluding hydrogens is 307 g/mol. The quantitative estimate of drug-likeness (QED) is 0.665. The molecule has 0 bridgehead atoms. The number of nitrogen functional groups attached to an aromatic ring is 1. The lowest BCUT2D eigenvalue weighted by molar-refractivity contribution is 0.161. The topological polar surface area (TPSA) is 64.3 Å². The van der Waals surface area contributed by atoms with E-state index >= 15 is 0 Å². The first kappa shape index (κ1) is 12.1. The summed E-state index contributed by atoms with van der Waals surface area (Å²) in [5.74, 6) is 0. The molecule has 0 unspecified atom stereocenters. The Morgan fingerprint density at radius 1 is 1.60 bits per heavy atom. The minimum absolute atomic E-state index is 0.428. The van der Waals surface area contributed by atoms with Gasteiger partial charge in [0.25, 0.3) is 0 Å². The summed E-state index contributed by atoms with van der Waals surface area (Å²) >= 11 is 2.11. The molecule has 1 amide bonds. The van der Waals surface area contributed by atoms with Crippen molar-refractivity contribution in [2.24, 2.45) is 0 Å². The molecule has 3 N–H and O–H groups in total. The van der Waals surface area contributed by atoms with Crippen LogP contribution in [0, 0.1) is 3.57 Å². The number of rotatable bonds is 3. The molecule has 0 aromatic heterocycles. The smallest absolute Gasteiger partial charge is 0.411 e. The fraction of sp³-hybridized carbons (Fsp3) is 0.300. The number of amides is 1. The summed E-state index contributed by atoms with van der Waals surface area (Å²) in [5.41, 5.74) is 6.98. The van der Waals surface area contributed by atoms with Crippen LogP contribution in [0.15, 0.2) is 18.2 Å². The summed E-state index contributed by atoms with van der Waals surface area (Å²) in [6.07, 6.45) is 0.381. The number of nitrogens with two attached hydrogens (primary N) is 1. The van der Waals surface area contributed by atoms with Crippen LogP contribution < -0.4 is 11.1 Å². The zero-order chi connectivity index (χ0) is 11.3. The van der Waals surface area contributed by atoms with E-state index in [0.29, 0.717) is 18.0 Å². The highest BCUT2D eigenvalue weighted by molar-refractivity contribution is 14.1. The fourth-order valence-electron chi connectivity index (χ4n) is 0.974. The molecule has 1 aromatic rings. The molecule has 4 nitrogen and oxygen atoms in total. The number of carbonyl (C=O) groups is 1. The van der Waals surface area contributed by atoms with Gasteiger partial charge in [0, 0.05) is 9.26 Å². The van der Waals surface area contributed by atoms with E-state index in [1.54, 1.807) is 18.2 Å². The Morgan fingerprint density at radius 2 is 2.33 bits per heavy atom. The number of hydrogen-bond donors (Lipinski definition) is 2. The first-order valence-electron chi connectivity index (χ1n) is 4.62. The number of hydrogen-bond acceptors (Lipinski definition) is 3. The van der Waals surface area contributed by atoms with Crippen molar-refractivity contribution in [1.29, 1.82) is 0 Å². The van der Waals surface area contributed by atoms with E-state index in [-0.39, 0.29) is 0 Å². The molecule has 15 heavy (non-hydrogen) atoms. The fourth-order valence-corrected chi connectivity index (χ4v) is 1.65. The maximum atomic E-state index is 11.2. The van der Waals surface area contributed by atoms with Crippen molar-refractivity contribution in [3.63, 3.8) is 0 Å². The molecule has 0 aliphatic rings. The molecule has 1 aromatic carbocycles. The highest BCUT2D eigenvalue weighted by Gasteiger charge is 2.05. The van der Waals surface area contributed by atoms with Crippen LogP contribution in [0.5, 0.6) is 0 Å². The molecule has 0 heterocycles. The van der Waals surface area contributed by atoms with Crippen LogP contribution in [-0.2, 0) is 4.74 Å². The Kier molecular flexibility index (Phi) is 4.67. The third-order valence-corrected chi connectivity index (χ3v) is 2.56. The van der Waals surface area contributed by atoms with Gasteiger partial charge in [-0.1, -0.05) is 6.92 Å². The largest absolute Gasteiger partial charge is 0.449 e. The molecule has 0 atom stereocenters. The van der Waals surface area contributed by atoms with Gasteiger partial charge in [-0.25, -0.2) is 4.79 Å². The molecule has 0 fully saturated rings. The van der Waals surface area contributed by atoms with Gasteiger partial charge in [-0.15, -0.1) is 0 Å². The molecular formula is C10H13IN2O2. The summed E-state index contributed by atoms with van der Waals surface area (Å²) in [4.78, 5) is 11.2. The summed E-state index contributed by atoms with van der Waals surface area (Å²) < 4.78 is 5.79. The van der Waals surface area contributed by atoms with Crippen molar-refractivity contribution in [3.05, 3.63) is 21.8 Å². The van der Waals surface area contributed by atoms with E-state index in [2.05, 4.69) is 27.9 Å². The highest BCUT2D eigenvalue weighted by atomic mass is 127. The Balaban J connectivity index is 2.60. The van der Waals surface area contributed by atoms with Crippen LogP contribution in [0.1, 0.15) is 13.3 Å². The van der Waals surface area contributed by atoms with E-state index in [0.717, 1.165) is 9.99 Å². The molecule has 0 aliphatic carbocycles. The van der Waals surface area contributed by atoms with Gasteiger partial charge in [-0.2, -0.15) is 0 Å². The molecule has 0 spiro atoms. The molecule has 0 aliphatic heterocycles. The van der Waals surface area contributed by atoms with Gasteiger partial charge in [0.15, 0.2) is 0 Å². The molecule has 0 saturated carbocycles. The summed E-state index contributed by atoms with van der Waals surface area (Å²) in [6.45, 7) is 2.37. The Bertz CT molecular complexity index is 355. The molecule has 5 heteroatoms. The van der Waals surface area contributed by atoms with Crippen LogP contribution in [0.3, 0.4) is 0 Å².